The van der Waals surface area contributed by atoms with Gasteiger partial charge in [0.2, 0.25) is 0 Å². The maximum atomic E-state index is 11.8. The van der Waals surface area contributed by atoms with Crippen molar-refractivity contribution in [3.8, 4) is 0 Å². The van der Waals surface area contributed by atoms with E-state index in [-0.39, 0.29) is 5.78 Å². The molecule has 0 aliphatic rings. The SMILES string of the molecule is CCSCC(=O)c1c(Br)cnn1CC. The average Bonchev–Trinajstić information content (AvgIpc) is 2.56. The summed E-state index contributed by atoms with van der Waals surface area (Å²) >= 11 is 4.97. The molecule has 0 unspecified atom stereocenters. The van der Waals surface area contributed by atoms with E-state index in [4.69, 9.17) is 0 Å². The van der Waals surface area contributed by atoms with Crippen molar-refractivity contribution in [3.63, 3.8) is 0 Å². The van der Waals surface area contributed by atoms with Crippen LogP contribution in [0.3, 0.4) is 0 Å². The van der Waals surface area contributed by atoms with Gasteiger partial charge in [0.1, 0.15) is 5.69 Å². The van der Waals surface area contributed by atoms with Gasteiger partial charge in [0.05, 0.1) is 16.4 Å². The summed E-state index contributed by atoms with van der Waals surface area (Å²) in [5, 5.41) is 4.10. The highest BCUT2D eigenvalue weighted by molar-refractivity contribution is 9.10. The second-order valence-electron chi connectivity index (χ2n) is 2.72. The number of hydrogen-bond donors (Lipinski definition) is 0. The Labute approximate surface area is 96.4 Å². The molecule has 3 nitrogen and oxygen atoms in total. The Morgan fingerprint density at radius 3 is 2.93 bits per heavy atom. The summed E-state index contributed by atoms with van der Waals surface area (Å²) in [5.74, 6) is 1.63. The molecule has 0 fully saturated rings. The van der Waals surface area contributed by atoms with Gasteiger partial charge >= 0.3 is 0 Å². The molecular weight excluding hydrogens is 264 g/mol. The van der Waals surface area contributed by atoms with E-state index in [1.54, 1.807) is 22.6 Å². The molecule has 0 saturated carbocycles. The smallest absolute Gasteiger partial charge is 0.191 e. The predicted octanol–water partition coefficient (Wildman–Crippen LogP) is 2.60. The molecule has 1 rings (SSSR count). The first-order chi connectivity index (χ1) is 6.70. The van der Waals surface area contributed by atoms with Gasteiger partial charge in [0.15, 0.2) is 5.78 Å². The standard InChI is InChI=1S/C9H13BrN2OS/c1-3-12-9(7(10)5-11-12)8(13)6-14-4-2/h5H,3-4,6H2,1-2H3. The van der Waals surface area contributed by atoms with Gasteiger partial charge in [0, 0.05) is 6.54 Å². The molecule has 1 aromatic rings. The van der Waals surface area contributed by atoms with Gasteiger partial charge < -0.3 is 0 Å². The third-order valence-electron chi connectivity index (χ3n) is 1.80. The molecule has 0 atom stereocenters. The monoisotopic (exact) mass is 276 g/mol. The summed E-state index contributed by atoms with van der Waals surface area (Å²) in [6.45, 7) is 4.75. The highest BCUT2D eigenvalue weighted by Gasteiger charge is 2.15. The summed E-state index contributed by atoms with van der Waals surface area (Å²) < 4.78 is 2.52. The molecule has 1 aromatic heterocycles. The maximum absolute atomic E-state index is 11.8. The van der Waals surface area contributed by atoms with Crippen molar-refractivity contribution in [1.82, 2.24) is 9.78 Å². The third kappa shape index (κ3) is 2.60. The Morgan fingerprint density at radius 2 is 2.36 bits per heavy atom. The first-order valence-corrected chi connectivity index (χ1v) is 6.47. The Hall–Kier alpha value is -0.290. The lowest BCUT2D eigenvalue weighted by molar-refractivity contribution is 0.101. The Kier molecular flexibility index (Phi) is 4.68. The van der Waals surface area contributed by atoms with Crippen molar-refractivity contribution in [2.24, 2.45) is 0 Å². The van der Waals surface area contributed by atoms with E-state index in [1.807, 2.05) is 13.8 Å². The van der Waals surface area contributed by atoms with Crippen LogP contribution < -0.4 is 0 Å². The predicted molar refractivity (Wildman–Crippen MR) is 62.9 cm³/mol. The molecule has 1 heterocycles. The lowest BCUT2D eigenvalue weighted by atomic mass is 10.3. The van der Waals surface area contributed by atoms with Crippen LogP contribution in [0.25, 0.3) is 0 Å². The summed E-state index contributed by atoms with van der Waals surface area (Å²) in [7, 11) is 0. The summed E-state index contributed by atoms with van der Waals surface area (Å²) in [6.07, 6.45) is 1.67. The van der Waals surface area contributed by atoms with Gasteiger partial charge in [-0.15, -0.1) is 0 Å². The van der Waals surface area contributed by atoms with Gasteiger partial charge in [-0.3, -0.25) is 9.48 Å². The van der Waals surface area contributed by atoms with Crippen molar-refractivity contribution in [2.75, 3.05) is 11.5 Å². The molecule has 14 heavy (non-hydrogen) atoms. The van der Waals surface area contributed by atoms with Crippen LogP contribution in [0.2, 0.25) is 0 Å². The van der Waals surface area contributed by atoms with Crippen molar-refractivity contribution in [1.29, 1.82) is 0 Å². The number of aryl methyl sites for hydroxylation is 1. The van der Waals surface area contributed by atoms with E-state index in [0.29, 0.717) is 11.4 Å². The fraction of sp³-hybridized carbons (Fsp3) is 0.556. The molecule has 78 valence electrons. The molecule has 0 saturated heterocycles. The minimum absolute atomic E-state index is 0.142. The Bertz CT molecular complexity index is 325. The zero-order valence-electron chi connectivity index (χ0n) is 8.29. The summed E-state index contributed by atoms with van der Waals surface area (Å²) in [6, 6.07) is 0. The first-order valence-electron chi connectivity index (χ1n) is 4.52. The Balaban J connectivity index is 2.82. The minimum Gasteiger partial charge on any atom is -0.291 e. The van der Waals surface area contributed by atoms with Gasteiger partial charge in [-0.25, -0.2) is 0 Å². The molecule has 0 aliphatic heterocycles. The highest BCUT2D eigenvalue weighted by Crippen LogP contribution is 2.18. The lowest BCUT2D eigenvalue weighted by Gasteiger charge is -2.03. The van der Waals surface area contributed by atoms with Crippen molar-refractivity contribution in [2.45, 2.75) is 20.4 Å². The van der Waals surface area contributed by atoms with Crippen LogP contribution in [0, 0.1) is 0 Å². The van der Waals surface area contributed by atoms with Crippen molar-refractivity contribution in [3.05, 3.63) is 16.4 Å². The summed E-state index contributed by atoms with van der Waals surface area (Å²) in [4.78, 5) is 11.8. The quantitative estimate of drug-likeness (QED) is 0.776. The van der Waals surface area contributed by atoms with Gasteiger partial charge in [0.25, 0.3) is 0 Å². The molecule has 0 spiro atoms. The van der Waals surface area contributed by atoms with E-state index in [2.05, 4.69) is 21.0 Å². The molecule has 0 aromatic carbocycles. The second kappa shape index (κ2) is 5.56. The minimum atomic E-state index is 0.142. The largest absolute Gasteiger partial charge is 0.291 e. The number of ketones is 1. The number of carbonyl (C=O) groups is 1. The van der Waals surface area contributed by atoms with Crippen LogP contribution in [0.5, 0.6) is 0 Å². The van der Waals surface area contributed by atoms with Gasteiger partial charge in [-0.2, -0.15) is 16.9 Å². The average molecular weight is 277 g/mol. The molecule has 5 heteroatoms. The normalized spacial score (nSPS) is 10.5. The van der Waals surface area contributed by atoms with E-state index >= 15 is 0 Å². The number of rotatable bonds is 5. The molecule has 0 radical (unpaired) electrons. The molecule has 0 aliphatic carbocycles. The van der Waals surface area contributed by atoms with E-state index in [1.165, 1.54) is 0 Å². The fourth-order valence-corrected chi connectivity index (χ4v) is 2.19. The lowest BCUT2D eigenvalue weighted by Crippen LogP contribution is -2.12. The van der Waals surface area contributed by atoms with Crippen molar-refractivity contribution < 1.29 is 4.79 Å². The van der Waals surface area contributed by atoms with Crippen LogP contribution in [-0.4, -0.2) is 27.1 Å². The second-order valence-corrected chi connectivity index (χ2v) is 4.85. The molecule has 0 N–H and O–H groups in total. The van der Waals surface area contributed by atoms with E-state index in [0.717, 1.165) is 16.8 Å². The number of hydrogen-bond acceptors (Lipinski definition) is 3. The highest BCUT2D eigenvalue weighted by atomic mass is 79.9. The molecule has 0 amide bonds. The van der Waals surface area contributed by atoms with Crippen LogP contribution >= 0.6 is 27.7 Å². The zero-order chi connectivity index (χ0) is 10.6. The topological polar surface area (TPSA) is 34.9 Å². The van der Waals surface area contributed by atoms with Crippen LogP contribution in [0.15, 0.2) is 10.7 Å². The maximum Gasteiger partial charge on any atom is 0.191 e. The summed E-state index contributed by atoms with van der Waals surface area (Å²) in [5.41, 5.74) is 0.688. The molecule has 0 bridgehead atoms. The number of nitrogens with zero attached hydrogens (tertiary/aromatic N) is 2. The van der Waals surface area contributed by atoms with Gasteiger partial charge in [-0.05, 0) is 28.6 Å². The number of halogens is 1. The first kappa shape index (κ1) is 11.8. The van der Waals surface area contributed by atoms with E-state index < -0.39 is 0 Å². The van der Waals surface area contributed by atoms with Crippen LogP contribution in [0.4, 0.5) is 0 Å². The number of thioether (sulfide) groups is 1. The van der Waals surface area contributed by atoms with Crippen LogP contribution in [0.1, 0.15) is 24.3 Å². The van der Waals surface area contributed by atoms with Crippen LogP contribution in [-0.2, 0) is 6.54 Å². The van der Waals surface area contributed by atoms with E-state index in [9.17, 15) is 4.79 Å². The zero-order valence-corrected chi connectivity index (χ0v) is 10.7. The Morgan fingerprint density at radius 1 is 1.64 bits per heavy atom. The number of Topliss-reactive ketones (excluding diaryl/α,β-unsaturated/α-hetero) is 1. The third-order valence-corrected chi connectivity index (χ3v) is 3.25. The van der Waals surface area contributed by atoms with Gasteiger partial charge in [-0.1, -0.05) is 6.92 Å². The number of carbonyl (C=O) groups excluding carboxylic acids is 1. The fourth-order valence-electron chi connectivity index (χ4n) is 1.14. The number of aromatic nitrogens is 2. The molecular formula is C9H13BrN2OS. The van der Waals surface area contributed by atoms with Crippen molar-refractivity contribution >= 4 is 33.5 Å².